The minimum Gasteiger partial charge on any atom is -0.481 e. The lowest BCUT2D eigenvalue weighted by Gasteiger charge is -2.37. The van der Waals surface area contributed by atoms with Gasteiger partial charge in [-0.3, -0.25) is 14.1 Å². The van der Waals surface area contributed by atoms with Crippen LogP contribution in [0.4, 0.5) is 0 Å². The SMILES string of the molecule is CC1(C(=O)O)CCCN(Cc2cn3ccsc3n2)C1. The normalized spacial score (nSPS) is 24.9. The summed E-state index contributed by atoms with van der Waals surface area (Å²) in [6.45, 7) is 4.13. The molecule has 0 aliphatic carbocycles. The maximum absolute atomic E-state index is 11.3. The van der Waals surface area contributed by atoms with Crippen LogP contribution in [0.25, 0.3) is 4.96 Å². The van der Waals surface area contributed by atoms with Gasteiger partial charge in [0.25, 0.3) is 0 Å². The number of carboxylic acids is 1. The number of likely N-dealkylation sites (tertiary alicyclic amines) is 1. The van der Waals surface area contributed by atoms with Gasteiger partial charge in [-0.1, -0.05) is 0 Å². The van der Waals surface area contributed by atoms with E-state index in [-0.39, 0.29) is 0 Å². The molecule has 1 N–H and O–H groups in total. The molecule has 1 atom stereocenters. The predicted molar refractivity (Wildman–Crippen MR) is 73.3 cm³/mol. The van der Waals surface area contributed by atoms with Gasteiger partial charge in [0.05, 0.1) is 11.1 Å². The van der Waals surface area contributed by atoms with Crippen molar-refractivity contribution < 1.29 is 9.90 Å². The third-order valence-electron chi connectivity index (χ3n) is 3.82. The molecule has 0 amide bonds. The van der Waals surface area contributed by atoms with Crippen LogP contribution in [-0.2, 0) is 11.3 Å². The highest BCUT2D eigenvalue weighted by molar-refractivity contribution is 7.15. The van der Waals surface area contributed by atoms with Gasteiger partial charge in [-0.2, -0.15) is 0 Å². The van der Waals surface area contributed by atoms with E-state index < -0.39 is 11.4 Å². The number of piperidine rings is 1. The molecule has 1 fully saturated rings. The van der Waals surface area contributed by atoms with Crippen molar-refractivity contribution >= 4 is 22.3 Å². The van der Waals surface area contributed by atoms with Gasteiger partial charge < -0.3 is 5.11 Å². The van der Waals surface area contributed by atoms with Gasteiger partial charge in [-0.05, 0) is 26.3 Å². The van der Waals surface area contributed by atoms with Crippen LogP contribution in [0.2, 0.25) is 0 Å². The van der Waals surface area contributed by atoms with Crippen molar-refractivity contribution in [3.8, 4) is 0 Å². The molecular weight excluding hydrogens is 262 g/mol. The number of aromatic nitrogens is 2. The molecule has 3 rings (SSSR count). The Morgan fingerprint density at radius 1 is 1.63 bits per heavy atom. The van der Waals surface area contributed by atoms with Crippen LogP contribution in [-0.4, -0.2) is 38.4 Å². The summed E-state index contributed by atoms with van der Waals surface area (Å²) >= 11 is 1.61. The number of hydrogen-bond acceptors (Lipinski definition) is 4. The van der Waals surface area contributed by atoms with Crippen molar-refractivity contribution in [2.45, 2.75) is 26.3 Å². The van der Waals surface area contributed by atoms with E-state index in [0.29, 0.717) is 6.54 Å². The average molecular weight is 279 g/mol. The van der Waals surface area contributed by atoms with Gasteiger partial charge in [0, 0.05) is 30.9 Å². The van der Waals surface area contributed by atoms with Gasteiger partial charge in [0.1, 0.15) is 0 Å². The predicted octanol–water partition coefficient (Wildman–Crippen LogP) is 2.08. The van der Waals surface area contributed by atoms with E-state index in [0.717, 1.165) is 36.6 Å². The summed E-state index contributed by atoms with van der Waals surface area (Å²) in [6.07, 6.45) is 5.72. The van der Waals surface area contributed by atoms with E-state index in [1.165, 1.54) is 0 Å². The Hall–Kier alpha value is -1.40. The zero-order valence-electron chi connectivity index (χ0n) is 10.9. The highest BCUT2D eigenvalue weighted by atomic mass is 32.1. The van der Waals surface area contributed by atoms with Gasteiger partial charge in [-0.25, -0.2) is 4.98 Å². The fourth-order valence-corrected chi connectivity index (χ4v) is 3.45. The molecule has 1 saturated heterocycles. The Bertz CT molecular complexity index is 577. The second-order valence-corrected chi connectivity index (χ2v) is 6.38. The Labute approximate surface area is 115 Å². The van der Waals surface area contributed by atoms with Crippen LogP contribution >= 0.6 is 11.3 Å². The lowest BCUT2D eigenvalue weighted by molar-refractivity contribution is -0.151. The van der Waals surface area contributed by atoms with E-state index >= 15 is 0 Å². The van der Waals surface area contributed by atoms with E-state index in [4.69, 9.17) is 0 Å². The molecule has 19 heavy (non-hydrogen) atoms. The first-order valence-electron chi connectivity index (χ1n) is 6.44. The summed E-state index contributed by atoms with van der Waals surface area (Å²) in [5.41, 5.74) is 0.400. The van der Waals surface area contributed by atoms with Crippen molar-refractivity contribution in [2.24, 2.45) is 5.41 Å². The Morgan fingerprint density at radius 2 is 2.47 bits per heavy atom. The number of imidazole rings is 1. The van der Waals surface area contributed by atoms with Crippen LogP contribution in [0.3, 0.4) is 0 Å². The third-order valence-corrected chi connectivity index (χ3v) is 4.59. The molecule has 1 aliphatic rings. The second kappa shape index (κ2) is 4.61. The number of carboxylic acid groups (broad SMARTS) is 1. The molecule has 1 aliphatic heterocycles. The molecule has 0 spiro atoms. The molecule has 0 saturated carbocycles. The van der Waals surface area contributed by atoms with Crippen molar-refractivity contribution in [3.05, 3.63) is 23.5 Å². The number of thiazole rings is 1. The Morgan fingerprint density at radius 3 is 3.21 bits per heavy atom. The topological polar surface area (TPSA) is 57.8 Å². The number of hydrogen-bond donors (Lipinski definition) is 1. The monoisotopic (exact) mass is 279 g/mol. The molecule has 2 aromatic rings. The highest BCUT2D eigenvalue weighted by Crippen LogP contribution is 2.30. The average Bonchev–Trinajstić information content (AvgIpc) is 2.89. The minimum absolute atomic E-state index is 0.605. The smallest absolute Gasteiger partial charge is 0.310 e. The molecule has 0 aromatic carbocycles. The van der Waals surface area contributed by atoms with Crippen LogP contribution in [0, 0.1) is 5.41 Å². The van der Waals surface area contributed by atoms with E-state index in [2.05, 4.69) is 9.88 Å². The molecular formula is C13H17N3O2S. The summed E-state index contributed by atoms with van der Waals surface area (Å²) in [6, 6.07) is 0. The summed E-state index contributed by atoms with van der Waals surface area (Å²) in [5.74, 6) is -0.692. The molecule has 1 unspecified atom stereocenters. The Balaban J connectivity index is 1.72. The first-order valence-corrected chi connectivity index (χ1v) is 7.32. The molecule has 5 nitrogen and oxygen atoms in total. The standard InChI is InChI=1S/C13H17N3O2S/c1-13(11(17)18)3-2-4-15(9-13)7-10-8-16-5-6-19-12(16)14-10/h5-6,8H,2-4,7,9H2,1H3,(H,17,18). The zero-order valence-corrected chi connectivity index (χ0v) is 11.7. The lowest BCUT2D eigenvalue weighted by Crippen LogP contribution is -2.45. The first-order chi connectivity index (χ1) is 9.07. The van der Waals surface area contributed by atoms with Crippen molar-refractivity contribution in [1.29, 1.82) is 0 Å². The van der Waals surface area contributed by atoms with Gasteiger partial charge >= 0.3 is 5.97 Å². The van der Waals surface area contributed by atoms with Crippen molar-refractivity contribution in [3.63, 3.8) is 0 Å². The van der Waals surface area contributed by atoms with Gasteiger partial charge in [0.15, 0.2) is 4.96 Å². The summed E-state index contributed by atoms with van der Waals surface area (Å²) in [7, 11) is 0. The van der Waals surface area contributed by atoms with Crippen molar-refractivity contribution in [1.82, 2.24) is 14.3 Å². The molecule has 6 heteroatoms. The zero-order chi connectivity index (χ0) is 13.5. The fourth-order valence-electron chi connectivity index (χ4n) is 2.74. The summed E-state index contributed by atoms with van der Waals surface area (Å²) < 4.78 is 2.01. The first kappa shape index (κ1) is 12.6. The van der Waals surface area contributed by atoms with Crippen molar-refractivity contribution in [2.75, 3.05) is 13.1 Å². The maximum atomic E-state index is 11.3. The maximum Gasteiger partial charge on any atom is 0.310 e. The number of rotatable bonds is 3. The van der Waals surface area contributed by atoms with Gasteiger partial charge in [-0.15, -0.1) is 11.3 Å². The van der Waals surface area contributed by atoms with Crippen LogP contribution in [0.15, 0.2) is 17.8 Å². The number of aliphatic carboxylic acids is 1. The summed E-state index contributed by atoms with van der Waals surface area (Å²) in [5, 5.41) is 11.3. The molecule has 0 radical (unpaired) electrons. The van der Waals surface area contributed by atoms with Crippen LogP contribution in [0.1, 0.15) is 25.5 Å². The van der Waals surface area contributed by atoms with E-state index in [1.54, 1.807) is 11.3 Å². The number of nitrogens with zero attached hydrogens (tertiary/aromatic N) is 3. The van der Waals surface area contributed by atoms with E-state index in [9.17, 15) is 9.90 Å². The molecule has 2 aromatic heterocycles. The number of carbonyl (C=O) groups is 1. The van der Waals surface area contributed by atoms with Gasteiger partial charge in [0.2, 0.25) is 0 Å². The molecule has 102 valence electrons. The Kier molecular flexibility index (Phi) is 3.06. The molecule has 0 bridgehead atoms. The lowest BCUT2D eigenvalue weighted by atomic mass is 9.82. The highest BCUT2D eigenvalue weighted by Gasteiger charge is 2.37. The fraction of sp³-hybridized carbons (Fsp3) is 0.538. The summed E-state index contributed by atoms with van der Waals surface area (Å²) in [4.78, 5) is 19.1. The van der Waals surface area contributed by atoms with Crippen LogP contribution < -0.4 is 0 Å². The minimum atomic E-state index is -0.692. The number of fused-ring (bicyclic) bond motifs is 1. The van der Waals surface area contributed by atoms with E-state index in [1.807, 2.05) is 29.1 Å². The quantitative estimate of drug-likeness (QED) is 0.934. The van der Waals surface area contributed by atoms with Crippen LogP contribution in [0.5, 0.6) is 0 Å². The third kappa shape index (κ3) is 2.37. The molecule has 3 heterocycles. The second-order valence-electron chi connectivity index (χ2n) is 5.51. The largest absolute Gasteiger partial charge is 0.481 e.